The Bertz CT molecular complexity index is 583. The van der Waals surface area contributed by atoms with Crippen molar-refractivity contribution in [3.63, 3.8) is 0 Å². The van der Waals surface area contributed by atoms with Crippen LogP contribution in [0, 0.1) is 11.1 Å². The molecule has 120 valence electrons. The summed E-state index contributed by atoms with van der Waals surface area (Å²) in [6, 6.07) is 6.39. The van der Waals surface area contributed by atoms with Crippen molar-refractivity contribution in [2.75, 3.05) is 0 Å². The fraction of sp³-hybridized carbons (Fsp3) is 0.467. The van der Waals surface area contributed by atoms with Gasteiger partial charge in [0.05, 0.1) is 6.54 Å². The quantitative estimate of drug-likeness (QED) is 0.691. The number of nitrogens with one attached hydrogen (secondary N) is 1. The van der Waals surface area contributed by atoms with E-state index in [1.165, 1.54) is 17.0 Å². The molecule has 0 aromatic heterocycles. The van der Waals surface area contributed by atoms with Gasteiger partial charge >= 0.3 is 0 Å². The molecular weight excluding hydrogens is 284 g/mol. The first-order valence-corrected chi connectivity index (χ1v) is 7.22. The van der Waals surface area contributed by atoms with Crippen molar-refractivity contribution in [3.8, 4) is 0 Å². The molecule has 1 aliphatic rings. The first kappa shape index (κ1) is 16.4. The molecule has 1 aromatic carbocycles. The van der Waals surface area contributed by atoms with Crippen molar-refractivity contribution < 1.29 is 15.2 Å². The number of benzene rings is 1. The maximum absolute atomic E-state index is 12.6. The zero-order chi connectivity index (χ0) is 16.5. The molecule has 0 radical (unpaired) electrons. The van der Waals surface area contributed by atoms with E-state index in [0.29, 0.717) is 18.9 Å². The Morgan fingerprint density at radius 2 is 2.00 bits per heavy atom. The van der Waals surface area contributed by atoms with Gasteiger partial charge in [-0.3, -0.25) is 9.69 Å². The monoisotopic (exact) mass is 306 g/mol. The third-order valence-corrected chi connectivity index (χ3v) is 3.69. The largest absolute Gasteiger partial charge is 0.595 e. The molecule has 2 atom stereocenters. The maximum Gasteiger partial charge on any atom is 0.257 e. The average molecular weight is 306 g/mol. The Kier molecular flexibility index (Phi) is 4.50. The third-order valence-electron chi connectivity index (χ3n) is 3.69. The van der Waals surface area contributed by atoms with Crippen molar-refractivity contribution in [2.24, 2.45) is 16.6 Å². The molecule has 1 aromatic rings. The number of nitrogens with zero attached hydrogens (tertiary/aromatic N) is 2. The topological polar surface area (TPSA) is 106 Å². The standard InChI is InChI=1S/C15H22N4O3/c1-10(2)8-15(3)13(20)18(14(16)17-15)9-11-4-6-12(7-5-11)19(21)22/h4-7,10,19,21H,8-9H2,1-3H3,(H2,16,17). The fourth-order valence-electron chi connectivity index (χ4n) is 2.77. The first-order chi connectivity index (χ1) is 10.2. The zero-order valence-electron chi connectivity index (χ0n) is 13.0. The molecular formula is C15H22N4O3. The SMILES string of the molecule is CC(C)CC1(C)N=C(N)N(Cc2ccc([NH+]([O-])O)cc2)C1=O. The lowest BCUT2D eigenvalue weighted by atomic mass is 9.91. The predicted octanol–water partition coefficient (Wildman–Crippen LogP) is 0.552. The number of nitrogens with two attached hydrogens (primary N) is 1. The fourth-order valence-corrected chi connectivity index (χ4v) is 2.77. The van der Waals surface area contributed by atoms with E-state index < -0.39 is 10.8 Å². The maximum atomic E-state index is 12.6. The number of hydrogen-bond acceptors (Lipinski definition) is 5. The summed E-state index contributed by atoms with van der Waals surface area (Å²) in [5, 5.41) is 18.8. The van der Waals surface area contributed by atoms with E-state index in [-0.39, 0.29) is 17.6 Å². The number of guanidine groups is 1. The Balaban J connectivity index is 2.14. The van der Waals surface area contributed by atoms with Gasteiger partial charge < -0.3 is 10.9 Å². The smallest absolute Gasteiger partial charge is 0.257 e. The second-order valence-corrected chi connectivity index (χ2v) is 6.24. The molecule has 1 aliphatic heterocycles. The number of rotatable bonds is 5. The molecule has 22 heavy (non-hydrogen) atoms. The molecule has 7 heteroatoms. The van der Waals surface area contributed by atoms with Gasteiger partial charge in [0, 0.05) is 12.1 Å². The van der Waals surface area contributed by atoms with Crippen LogP contribution in [-0.2, 0) is 11.3 Å². The van der Waals surface area contributed by atoms with Gasteiger partial charge in [-0.05, 0) is 24.8 Å². The molecule has 2 rings (SSSR count). The van der Waals surface area contributed by atoms with Crippen LogP contribution in [0.15, 0.2) is 29.3 Å². The van der Waals surface area contributed by atoms with Gasteiger partial charge in [-0.1, -0.05) is 26.0 Å². The molecule has 7 nitrogen and oxygen atoms in total. The summed E-state index contributed by atoms with van der Waals surface area (Å²) in [6.07, 6.45) is 0.640. The highest BCUT2D eigenvalue weighted by molar-refractivity contribution is 6.06. The molecule has 0 bridgehead atoms. The van der Waals surface area contributed by atoms with Crippen LogP contribution in [-0.4, -0.2) is 27.5 Å². The van der Waals surface area contributed by atoms with E-state index in [2.05, 4.69) is 4.99 Å². The highest BCUT2D eigenvalue weighted by Crippen LogP contribution is 2.29. The summed E-state index contributed by atoms with van der Waals surface area (Å²) < 4.78 is 0. The number of carbonyl (C=O) groups is 1. The van der Waals surface area contributed by atoms with E-state index in [1.54, 1.807) is 19.1 Å². The van der Waals surface area contributed by atoms with Crippen LogP contribution in [0.1, 0.15) is 32.8 Å². The summed E-state index contributed by atoms with van der Waals surface area (Å²) in [5.74, 6) is 0.441. The minimum Gasteiger partial charge on any atom is -0.595 e. The van der Waals surface area contributed by atoms with Crippen molar-refractivity contribution in [3.05, 3.63) is 35.0 Å². The lowest BCUT2D eigenvalue weighted by Crippen LogP contribution is -2.99. The van der Waals surface area contributed by atoms with Crippen LogP contribution >= 0.6 is 0 Å². The van der Waals surface area contributed by atoms with E-state index in [4.69, 9.17) is 10.9 Å². The van der Waals surface area contributed by atoms with Crippen LogP contribution in [0.5, 0.6) is 0 Å². The van der Waals surface area contributed by atoms with Gasteiger partial charge in [0.15, 0.2) is 11.6 Å². The van der Waals surface area contributed by atoms with Gasteiger partial charge in [-0.15, -0.1) is 0 Å². The van der Waals surface area contributed by atoms with E-state index in [1.807, 2.05) is 13.8 Å². The molecule has 0 aliphatic carbocycles. The molecule has 1 amide bonds. The van der Waals surface area contributed by atoms with E-state index >= 15 is 0 Å². The van der Waals surface area contributed by atoms with E-state index in [0.717, 1.165) is 5.56 Å². The molecule has 2 unspecified atom stereocenters. The van der Waals surface area contributed by atoms with Crippen molar-refractivity contribution in [1.29, 1.82) is 0 Å². The highest BCUT2D eigenvalue weighted by Gasteiger charge is 2.43. The number of quaternary nitrogens is 1. The van der Waals surface area contributed by atoms with E-state index in [9.17, 15) is 10.0 Å². The first-order valence-electron chi connectivity index (χ1n) is 7.22. The summed E-state index contributed by atoms with van der Waals surface area (Å²) in [7, 11) is 0. The van der Waals surface area contributed by atoms with Crippen molar-refractivity contribution in [1.82, 2.24) is 4.90 Å². The molecule has 1 heterocycles. The molecule has 4 N–H and O–H groups in total. The Morgan fingerprint density at radius 3 is 2.50 bits per heavy atom. The van der Waals surface area contributed by atoms with Crippen LogP contribution in [0.25, 0.3) is 0 Å². The lowest BCUT2D eigenvalue weighted by Gasteiger charge is -2.23. The molecule has 0 fully saturated rings. The third kappa shape index (κ3) is 3.27. The minimum atomic E-state index is -0.977. The number of carbonyl (C=O) groups excluding carboxylic acids is 1. The van der Waals surface area contributed by atoms with Gasteiger partial charge in [-0.25, -0.2) is 10.2 Å². The second kappa shape index (κ2) is 6.04. The molecule has 0 spiro atoms. The van der Waals surface area contributed by atoms with Crippen LogP contribution < -0.4 is 11.0 Å². The van der Waals surface area contributed by atoms with Crippen LogP contribution in [0.4, 0.5) is 5.69 Å². The Hall–Kier alpha value is -1.96. The normalized spacial score (nSPS) is 23.1. The average Bonchev–Trinajstić information content (AvgIpc) is 2.62. The second-order valence-electron chi connectivity index (χ2n) is 6.24. The van der Waals surface area contributed by atoms with Gasteiger partial charge in [-0.2, -0.15) is 5.23 Å². The summed E-state index contributed by atoms with van der Waals surface area (Å²) in [4.78, 5) is 18.4. The summed E-state index contributed by atoms with van der Waals surface area (Å²) in [5.41, 5.74) is 6.12. The minimum absolute atomic E-state index is 0.110. The van der Waals surface area contributed by atoms with Gasteiger partial charge in [0.1, 0.15) is 5.54 Å². The predicted molar refractivity (Wildman–Crippen MR) is 82.3 cm³/mol. The number of aliphatic imine (C=N–C) groups is 1. The van der Waals surface area contributed by atoms with Crippen LogP contribution in [0.3, 0.4) is 0 Å². The Morgan fingerprint density at radius 1 is 1.41 bits per heavy atom. The molecule has 0 saturated heterocycles. The lowest BCUT2D eigenvalue weighted by molar-refractivity contribution is -0.991. The van der Waals surface area contributed by atoms with Crippen LogP contribution in [0.2, 0.25) is 0 Å². The van der Waals surface area contributed by atoms with Gasteiger partial charge in [0.2, 0.25) is 0 Å². The highest BCUT2D eigenvalue weighted by atomic mass is 16.8. The van der Waals surface area contributed by atoms with Gasteiger partial charge in [0.25, 0.3) is 5.91 Å². The summed E-state index contributed by atoms with van der Waals surface area (Å²) >= 11 is 0. The zero-order valence-corrected chi connectivity index (χ0v) is 13.0. The van der Waals surface area contributed by atoms with Crippen molar-refractivity contribution >= 4 is 17.6 Å². The number of amides is 1. The van der Waals surface area contributed by atoms with Crippen molar-refractivity contribution in [2.45, 2.75) is 39.3 Å². The summed E-state index contributed by atoms with van der Waals surface area (Å²) in [6.45, 7) is 6.17. The molecule has 0 saturated carbocycles. The Labute approximate surface area is 129 Å². The number of hydrogen-bond donors (Lipinski definition) is 3.